The Labute approximate surface area is 247 Å². The zero-order valence-electron chi connectivity index (χ0n) is 20.5. The Balaban J connectivity index is 1.49. The molecule has 3 heterocycles. The van der Waals surface area contributed by atoms with Crippen LogP contribution in [0.3, 0.4) is 0 Å². The van der Waals surface area contributed by atoms with E-state index in [2.05, 4.69) is 10.2 Å². The van der Waals surface area contributed by atoms with Crippen LogP contribution in [-0.2, 0) is 10.5 Å². The third-order valence-corrected chi connectivity index (χ3v) is 9.37. The van der Waals surface area contributed by atoms with E-state index in [9.17, 15) is 14.7 Å². The number of aliphatic hydroxyl groups excluding tert-OH is 1. The third kappa shape index (κ3) is 5.85. The molecule has 1 unspecified atom stereocenters. The van der Waals surface area contributed by atoms with Crippen molar-refractivity contribution in [3.8, 4) is 5.75 Å². The summed E-state index contributed by atoms with van der Waals surface area (Å²) < 4.78 is 6.40. The number of halogens is 2. The molecule has 0 aliphatic carbocycles. The number of nitrogens with zero attached hydrogens (tertiary/aromatic N) is 3. The van der Waals surface area contributed by atoms with E-state index in [1.807, 2.05) is 19.1 Å². The van der Waals surface area contributed by atoms with Gasteiger partial charge in [-0.05, 0) is 53.3 Å². The van der Waals surface area contributed by atoms with E-state index in [4.69, 9.17) is 27.9 Å². The number of aromatic nitrogens is 2. The molecule has 0 saturated heterocycles. The fraction of sp³-hybridized carbons (Fsp3) is 0.185. The number of thioether (sulfide) groups is 1. The predicted octanol–water partition coefficient (Wildman–Crippen LogP) is 7.77. The van der Waals surface area contributed by atoms with Crippen LogP contribution in [-0.4, -0.2) is 33.6 Å². The van der Waals surface area contributed by atoms with E-state index in [0.717, 1.165) is 12.0 Å². The van der Waals surface area contributed by atoms with Gasteiger partial charge in [0.25, 0.3) is 5.91 Å². The predicted molar refractivity (Wildman–Crippen MR) is 157 cm³/mol. The van der Waals surface area contributed by atoms with Gasteiger partial charge in [-0.2, -0.15) is 0 Å². The molecular formula is C27H21Cl2N3O4S3. The summed E-state index contributed by atoms with van der Waals surface area (Å²) in [5, 5.41) is 22.6. The fourth-order valence-corrected chi connectivity index (χ4v) is 7.13. The summed E-state index contributed by atoms with van der Waals surface area (Å²) in [5.74, 6) is -0.613. The molecule has 4 aromatic rings. The average Bonchev–Trinajstić information content (AvgIpc) is 3.68. The van der Waals surface area contributed by atoms with Gasteiger partial charge in [0.1, 0.15) is 5.75 Å². The highest BCUT2D eigenvalue weighted by Gasteiger charge is 2.46. The Morgan fingerprint density at radius 3 is 2.74 bits per heavy atom. The van der Waals surface area contributed by atoms with Crippen molar-refractivity contribution in [2.75, 3.05) is 11.5 Å². The molecular weight excluding hydrogens is 597 g/mol. The molecule has 0 radical (unpaired) electrons. The topological polar surface area (TPSA) is 92.6 Å². The minimum atomic E-state index is -0.909. The maximum atomic E-state index is 13.5. The van der Waals surface area contributed by atoms with E-state index >= 15 is 0 Å². The molecule has 1 N–H and O–H groups in total. The molecule has 2 aromatic carbocycles. The van der Waals surface area contributed by atoms with Gasteiger partial charge in [-0.25, -0.2) is 0 Å². The lowest BCUT2D eigenvalue weighted by atomic mass is 9.95. The lowest BCUT2D eigenvalue weighted by Crippen LogP contribution is -2.31. The van der Waals surface area contributed by atoms with Crippen LogP contribution in [0, 0.1) is 0 Å². The van der Waals surface area contributed by atoms with Gasteiger partial charge in [0, 0.05) is 15.8 Å². The van der Waals surface area contributed by atoms with Crippen molar-refractivity contribution in [1.82, 2.24) is 10.2 Å². The van der Waals surface area contributed by atoms with Gasteiger partial charge in [0.15, 0.2) is 10.1 Å². The lowest BCUT2D eigenvalue weighted by molar-refractivity contribution is -0.117. The minimum absolute atomic E-state index is 0.00700. The second kappa shape index (κ2) is 12.1. The summed E-state index contributed by atoms with van der Waals surface area (Å²) in [6.07, 6.45) is 0.827. The molecule has 39 heavy (non-hydrogen) atoms. The average molecular weight is 619 g/mol. The maximum Gasteiger partial charge on any atom is 0.296 e. The number of ether oxygens (including phenoxy) is 1. The van der Waals surface area contributed by atoms with Crippen LogP contribution in [0.2, 0.25) is 10.0 Å². The Hall–Kier alpha value is -2.89. The molecule has 12 heteroatoms. The van der Waals surface area contributed by atoms with Gasteiger partial charge in [-0.15, -0.1) is 21.5 Å². The van der Waals surface area contributed by atoms with Gasteiger partial charge < -0.3 is 9.84 Å². The van der Waals surface area contributed by atoms with Crippen LogP contribution in [0.5, 0.6) is 5.75 Å². The van der Waals surface area contributed by atoms with Crippen molar-refractivity contribution < 1.29 is 19.4 Å². The van der Waals surface area contributed by atoms with Gasteiger partial charge in [-0.1, -0.05) is 77.5 Å². The van der Waals surface area contributed by atoms with E-state index in [1.165, 1.54) is 39.3 Å². The number of benzene rings is 2. The summed E-state index contributed by atoms with van der Waals surface area (Å²) in [4.78, 5) is 28.7. The zero-order chi connectivity index (χ0) is 27.5. The number of carbonyl (C=O) groups excluding carboxylic acids is 2. The summed E-state index contributed by atoms with van der Waals surface area (Å²) in [6, 6.07) is 15.0. The molecule has 0 saturated carbocycles. The highest BCUT2D eigenvalue weighted by Crippen LogP contribution is 2.45. The molecule has 0 spiro atoms. The lowest BCUT2D eigenvalue weighted by Gasteiger charge is -2.24. The van der Waals surface area contributed by atoms with Gasteiger partial charge >= 0.3 is 0 Å². The van der Waals surface area contributed by atoms with Crippen LogP contribution in [0.15, 0.2) is 75.6 Å². The highest BCUT2D eigenvalue weighted by atomic mass is 35.5. The van der Waals surface area contributed by atoms with Crippen molar-refractivity contribution in [2.45, 2.75) is 29.5 Å². The fourth-order valence-electron chi connectivity index (χ4n) is 4.02. The van der Waals surface area contributed by atoms with Gasteiger partial charge in [0.2, 0.25) is 10.9 Å². The summed E-state index contributed by atoms with van der Waals surface area (Å²) >= 11 is 16.1. The monoisotopic (exact) mass is 617 g/mol. The number of rotatable bonds is 10. The first-order valence-electron chi connectivity index (χ1n) is 11.8. The van der Waals surface area contributed by atoms with Crippen LogP contribution in [0.25, 0.3) is 0 Å². The molecule has 7 nitrogen and oxygen atoms in total. The first-order chi connectivity index (χ1) is 18.9. The number of carbonyl (C=O) groups is 2. The van der Waals surface area contributed by atoms with E-state index < -0.39 is 23.5 Å². The first kappa shape index (κ1) is 27.7. The molecule has 5 rings (SSSR count). The Bertz CT molecular complexity index is 1560. The Morgan fingerprint density at radius 1 is 1.15 bits per heavy atom. The molecule has 1 aliphatic heterocycles. The standard InChI is InChI=1S/C27H21Cl2N3O4S3/c1-2-10-36-18-6-3-5-15(12-18)22-21(23(33)20-7-4-11-37-20)24(34)25(35)32(22)26-30-31-27(39-26)38-14-16-8-9-17(28)13-19(16)29/h3-9,11-13,22,34H,2,10,14H2,1H3. The van der Waals surface area contributed by atoms with Crippen molar-refractivity contribution in [2.24, 2.45) is 0 Å². The second-order valence-corrected chi connectivity index (χ2v) is 12.4. The van der Waals surface area contributed by atoms with Crippen molar-refractivity contribution >= 4 is 74.5 Å². The number of aliphatic hydroxyl groups is 1. The number of amides is 1. The smallest absolute Gasteiger partial charge is 0.296 e. The largest absolute Gasteiger partial charge is 0.503 e. The van der Waals surface area contributed by atoms with Gasteiger partial charge in [-0.3, -0.25) is 14.5 Å². The van der Waals surface area contributed by atoms with Crippen LogP contribution in [0.4, 0.5) is 5.13 Å². The number of thiophene rings is 1. The van der Waals surface area contributed by atoms with E-state index in [-0.39, 0.29) is 10.7 Å². The van der Waals surface area contributed by atoms with Crippen molar-refractivity contribution in [3.63, 3.8) is 0 Å². The SMILES string of the molecule is CCCOc1cccc(C2C(C(=O)c3cccs3)=C(O)C(=O)N2c2nnc(SCc3ccc(Cl)cc3Cl)s2)c1. The van der Waals surface area contributed by atoms with Crippen molar-refractivity contribution in [1.29, 1.82) is 0 Å². The highest BCUT2D eigenvalue weighted by molar-refractivity contribution is 8.00. The minimum Gasteiger partial charge on any atom is -0.503 e. The molecule has 1 atom stereocenters. The van der Waals surface area contributed by atoms with Crippen LogP contribution >= 0.6 is 57.6 Å². The molecule has 1 amide bonds. The molecule has 200 valence electrons. The normalized spacial score (nSPS) is 15.3. The van der Waals surface area contributed by atoms with Crippen LogP contribution < -0.4 is 9.64 Å². The Morgan fingerprint density at radius 2 is 2.00 bits per heavy atom. The van der Waals surface area contributed by atoms with Gasteiger partial charge in [0.05, 0.1) is 23.1 Å². The molecule has 2 aromatic heterocycles. The van der Waals surface area contributed by atoms with Crippen molar-refractivity contribution in [3.05, 3.63) is 97.4 Å². The summed E-state index contributed by atoms with van der Waals surface area (Å²) in [6.45, 7) is 2.53. The molecule has 1 aliphatic rings. The zero-order valence-corrected chi connectivity index (χ0v) is 24.4. The number of hydrogen-bond acceptors (Lipinski definition) is 9. The van der Waals surface area contributed by atoms with E-state index in [1.54, 1.807) is 47.8 Å². The molecule has 0 bridgehead atoms. The Kier molecular flexibility index (Phi) is 8.58. The first-order valence-corrected chi connectivity index (χ1v) is 15.3. The quantitative estimate of drug-likeness (QED) is 0.110. The molecule has 0 fully saturated rings. The van der Waals surface area contributed by atoms with E-state index in [0.29, 0.717) is 42.9 Å². The number of hydrogen-bond donors (Lipinski definition) is 1. The second-order valence-electron chi connectivity index (χ2n) is 8.44. The maximum absolute atomic E-state index is 13.5. The summed E-state index contributed by atoms with van der Waals surface area (Å²) in [5.41, 5.74) is 1.48. The third-order valence-electron chi connectivity index (χ3n) is 5.81. The summed E-state index contributed by atoms with van der Waals surface area (Å²) in [7, 11) is 0. The number of Topliss-reactive ketones (excluding diaryl/α,β-unsaturated/α-hetero) is 1. The number of ketones is 1. The number of anilines is 1. The van der Waals surface area contributed by atoms with Crippen LogP contribution in [0.1, 0.15) is 40.2 Å².